The molecule has 1 amide bonds. The first kappa shape index (κ1) is 21.6. The van der Waals surface area contributed by atoms with Gasteiger partial charge in [0.2, 0.25) is 10.0 Å². The number of amides is 1. The average molecular weight is 388 g/mol. The molecule has 9 nitrogen and oxygen atoms in total. The van der Waals surface area contributed by atoms with Crippen molar-refractivity contribution in [3.05, 3.63) is 17.7 Å². The predicted octanol–water partition coefficient (Wildman–Crippen LogP) is 1.30. The molecule has 0 heterocycles. The van der Waals surface area contributed by atoms with Crippen LogP contribution >= 0.6 is 0 Å². The fourth-order valence-electron chi connectivity index (χ4n) is 2.28. The van der Waals surface area contributed by atoms with E-state index in [-0.39, 0.29) is 28.7 Å². The second-order valence-corrected chi connectivity index (χ2v) is 7.56. The van der Waals surface area contributed by atoms with Gasteiger partial charge in [-0.1, -0.05) is 20.3 Å². The lowest BCUT2D eigenvalue weighted by molar-refractivity contribution is -0.140. The number of anilines is 1. The van der Waals surface area contributed by atoms with Gasteiger partial charge in [0.05, 0.1) is 26.2 Å². The second kappa shape index (κ2) is 8.75. The Kier molecular flexibility index (Phi) is 7.25. The van der Waals surface area contributed by atoms with Crippen molar-refractivity contribution in [3.63, 3.8) is 0 Å². The largest absolute Gasteiger partial charge is 0.493 e. The molecule has 0 unspecified atom stereocenters. The smallest absolute Gasteiger partial charge is 0.326 e. The fourth-order valence-corrected chi connectivity index (χ4v) is 2.83. The van der Waals surface area contributed by atoms with Crippen LogP contribution in [0.5, 0.6) is 11.5 Å². The van der Waals surface area contributed by atoms with Crippen LogP contribution in [-0.4, -0.2) is 51.9 Å². The van der Waals surface area contributed by atoms with Gasteiger partial charge >= 0.3 is 5.97 Å². The number of carbonyl (C=O) groups excluding carboxylic acids is 1. The minimum Gasteiger partial charge on any atom is -0.493 e. The number of hydrogen-bond donors (Lipinski definition) is 3. The highest BCUT2D eigenvalue weighted by molar-refractivity contribution is 7.92. The number of rotatable bonds is 9. The SMILES string of the molecule is CC[C@H](C)[C@H](NC(=O)c1cc(NS(C)(=O)=O)c(OC)c(OC)c1)C(=O)O. The number of hydrogen-bond acceptors (Lipinski definition) is 6. The Bertz CT molecular complexity index is 777. The highest BCUT2D eigenvalue weighted by Crippen LogP contribution is 2.37. The zero-order valence-electron chi connectivity index (χ0n) is 15.3. The first-order chi connectivity index (χ1) is 12.0. The van der Waals surface area contributed by atoms with Crippen LogP contribution in [-0.2, 0) is 14.8 Å². The molecule has 1 aromatic rings. The van der Waals surface area contributed by atoms with Crippen LogP contribution in [0.4, 0.5) is 5.69 Å². The van der Waals surface area contributed by atoms with Crippen LogP contribution in [0.25, 0.3) is 0 Å². The van der Waals surface area contributed by atoms with Gasteiger partial charge in [-0.3, -0.25) is 9.52 Å². The van der Waals surface area contributed by atoms with Crippen molar-refractivity contribution < 1.29 is 32.6 Å². The molecule has 0 fully saturated rings. The molecule has 0 saturated carbocycles. The summed E-state index contributed by atoms with van der Waals surface area (Å²) in [5.41, 5.74) is 0.0401. The standard InChI is InChI=1S/C16H24N2O7S/c1-6-9(2)13(16(20)21)17-15(19)10-7-11(18-26(5,22)23)14(25-4)12(8-10)24-3/h7-9,13,18H,6H2,1-5H3,(H,17,19)(H,20,21)/t9-,13-/m0/s1. The molecular formula is C16H24N2O7S. The molecule has 0 aromatic heterocycles. The van der Waals surface area contributed by atoms with Crippen LogP contribution in [0.15, 0.2) is 12.1 Å². The number of carboxylic acids is 1. The summed E-state index contributed by atoms with van der Waals surface area (Å²) in [6.07, 6.45) is 1.51. The van der Waals surface area contributed by atoms with Gasteiger partial charge in [0.1, 0.15) is 6.04 Å². The highest BCUT2D eigenvalue weighted by atomic mass is 32.2. The van der Waals surface area contributed by atoms with Crippen LogP contribution in [0, 0.1) is 5.92 Å². The van der Waals surface area contributed by atoms with E-state index in [0.717, 1.165) is 6.26 Å². The van der Waals surface area contributed by atoms with Gasteiger partial charge in [0.15, 0.2) is 11.5 Å². The zero-order valence-corrected chi connectivity index (χ0v) is 16.1. The highest BCUT2D eigenvalue weighted by Gasteiger charge is 2.27. The molecule has 0 aliphatic rings. The number of ether oxygens (including phenoxy) is 2. The van der Waals surface area contributed by atoms with Gasteiger partial charge in [-0.25, -0.2) is 13.2 Å². The molecule has 1 rings (SSSR count). The molecule has 0 spiro atoms. The van der Waals surface area contributed by atoms with Crippen LogP contribution in [0.3, 0.4) is 0 Å². The normalized spacial score (nSPS) is 13.4. The first-order valence-electron chi connectivity index (χ1n) is 7.81. The Morgan fingerprint density at radius 2 is 1.85 bits per heavy atom. The van der Waals surface area contributed by atoms with E-state index >= 15 is 0 Å². The molecule has 0 aliphatic heterocycles. The lowest BCUT2D eigenvalue weighted by Crippen LogP contribution is -2.45. The molecule has 0 radical (unpaired) electrons. The van der Waals surface area contributed by atoms with E-state index in [9.17, 15) is 23.1 Å². The third-order valence-electron chi connectivity index (χ3n) is 3.80. The molecule has 0 saturated heterocycles. The Morgan fingerprint density at radius 3 is 2.27 bits per heavy atom. The summed E-state index contributed by atoms with van der Waals surface area (Å²) in [6, 6.07) is 1.52. The summed E-state index contributed by atoms with van der Waals surface area (Å²) in [7, 11) is -0.978. The van der Waals surface area contributed by atoms with Gasteiger partial charge in [0, 0.05) is 5.56 Å². The average Bonchev–Trinajstić information content (AvgIpc) is 2.56. The molecule has 10 heteroatoms. The minimum absolute atomic E-state index is 0.00918. The van der Waals surface area contributed by atoms with Gasteiger partial charge in [-0.2, -0.15) is 0 Å². The summed E-state index contributed by atoms with van der Waals surface area (Å²) in [5, 5.41) is 11.8. The quantitative estimate of drug-likeness (QED) is 0.581. The van der Waals surface area contributed by atoms with Gasteiger partial charge < -0.3 is 19.9 Å². The van der Waals surface area contributed by atoms with Crippen LogP contribution < -0.4 is 19.5 Å². The Hall–Kier alpha value is -2.49. The maximum atomic E-state index is 12.5. The van der Waals surface area contributed by atoms with Gasteiger partial charge in [-0.15, -0.1) is 0 Å². The van der Waals surface area contributed by atoms with Crippen molar-refractivity contribution in [2.24, 2.45) is 5.92 Å². The Balaban J connectivity index is 3.32. The fraction of sp³-hybridized carbons (Fsp3) is 0.500. The van der Waals surface area contributed by atoms with Crippen molar-refractivity contribution in [3.8, 4) is 11.5 Å². The molecule has 0 aliphatic carbocycles. The topological polar surface area (TPSA) is 131 Å². The van der Waals surface area contributed by atoms with Gasteiger partial charge in [-0.05, 0) is 18.1 Å². The number of carboxylic acid groups (broad SMARTS) is 1. The van der Waals surface area contributed by atoms with Crippen molar-refractivity contribution in [1.82, 2.24) is 5.32 Å². The number of aliphatic carboxylic acids is 1. The van der Waals surface area contributed by atoms with E-state index in [2.05, 4.69) is 10.0 Å². The third-order valence-corrected chi connectivity index (χ3v) is 4.39. The number of methoxy groups -OCH3 is 2. The van der Waals surface area contributed by atoms with E-state index in [1.54, 1.807) is 6.92 Å². The number of benzene rings is 1. The predicted molar refractivity (Wildman–Crippen MR) is 96.4 cm³/mol. The number of carbonyl (C=O) groups is 2. The maximum absolute atomic E-state index is 12.5. The molecule has 2 atom stereocenters. The molecule has 1 aromatic carbocycles. The van der Waals surface area contributed by atoms with E-state index in [0.29, 0.717) is 6.42 Å². The van der Waals surface area contributed by atoms with Crippen molar-refractivity contribution in [1.29, 1.82) is 0 Å². The van der Waals surface area contributed by atoms with E-state index < -0.39 is 27.9 Å². The van der Waals surface area contributed by atoms with E-state index in [4.69, 9.17) is 9.47 Å². The van der Waals surface area contributed by atoms with Crippen molar-refractivity contribution in [2.75, 3.05) is 25.2 Å². The third kappa shape index (κ3) is 5.51. The lowest BCUT2D eigenvalue weighted by atomic mass is 9.99. The Labute approximate surface area is 152 Å². The molecule has 146 valence electrons. The van der Waals surface area contributed by atoms with E-state index in [1.807, 2.05) is 6.92 Å². The maximum Gasteiger partial charge on any atom is 0.326 e. The number of sulfonamides is 1. The Morgan fingerprint density at radius 1 is 1.23 bits per heavy atom. The summed E-state index contributed by atoms with van der Waals surface area (Å²) in [6.45, 7) is 3.53. The van der Waals surface area contributed by atoms with E-state index in [1.165, 1.54) is 26.4 Å². The van der Waals surface area contributed by atoms with Crippen molar-refractivity contribution in [2.45, 2.75) is 26.3 Å². The van der Waals surface area contributed by atoms with Crippen LogP contribution in [0.2, 0.25) is 0 Å². The van der Waals surface area contributed by atoms with Crippen molar-refractivity contribution >= 4 is 27.6 Å². The summed E-state index contributed by atoms with van der Waals surface area (Å²) in [4.78, 5) is 23.9. The monoisotopic (exact) mass is 388 g/mol. The minimum atomic E-state index is -3.64. The summed E-state index contributed by atoms with van der Waals surface area (Å²) in [5.74, 6) is -1.88. The van der Waals surface area contributed by atoms with Gasteiger partial charge in [0.25, 0.3) is 5.91 Å². The molecule has 3 N–H and O–H groups in total. The number of nitrogens with one attached hydrogen (secondary N) is 2. The second-order valence-electron chi connectivity index (χ2n) is 5.81. The van der Waals surface area contributed by atoms with Crippen LogP contribution in [0.1, 0.15) is 30.6 Å². The summed E-state index contributed by atoms with van der Waals surface area (Å²) >= 11 is 0. The first-order valence-corrected chi connectivity index (χ1v) is 9.70. The molecule has 0 bridgehead atoms. The lowest BCUT2D eigenvalue weighted by Gasteiger charge is -2.21. The summed E-state index contributed by atoms with van der Waals surface area (Å²) < 4.78 is 35.7. The molecule has 26 heavy (non-hydrogen) atoms. The molecular weight excluding hydrogens is 364 g/mol. The zero-order chi connectivity index (χ0) is 20.1.